The number of carbonyl (C=O) groups is 2. The monoisotopic (exact) mass is 442 g/mol. The van der Waals surface area contributed by atoms with Crippen LogP contribution in [0.15, 0.2) is 72.8 Å². The highest BCUT2D eigenvalue weighted by atomic mass is 16.5. The third-order valence-electron chi connectivity index (χ3n) is 5.71. The quantitative estimate of drug-likeness (QED) is 0.410. The summed E-state index contributed by atoms with van der Waals surface area (Å²) in [5.74, 6) is -0.0824. The van der Waals surface area contributed by atoms with E-state index in [0.29, 0.717) is 24.5 Å². The Morgan fingerprint density at radius 2 is 1.70 bits per heavy atom. The van der Waals surface area contributed by atoms with Gasteiger partial charge in [0.15, 0.2) is 0 Å². The molecule has 4 rings (SSSR count). The summed E-state index contributed by atoms with van der Waals surface area (Å²) >= 11 is 0. The maximum Gasteiger partial charge on any atom is 0.337 e. The molecule has 1 amide bonds. The Bertz CT molecular complexity index is 1310. The maximum absolute atomic E-state index is 11.8. The van der Waals surface area contributed by atoms with Gasteiger partial charge in [-0.05, 0) is 53.9 Å². The van der Waals surface area contributed by atoms with Gasteiger partial charge in [0.2, 0.25) is 5.91 Å². The molecule has 1 heterocycles. The molecule has 6 heteroatoms. The van der Waals surface area contributed by atoms with Gasteiger partial charge in [-0.15, -0.1) is 0 Å². The van der Waals surface area contributed by atoms with Crippen molar-refractivity contribution in [1.29, 1.82) is 0 Å². The molecule has 0 aliphatic carbocycles. The predicted molar refractivity (Wildman–Crippen MR) is 127 cm³/mol. The van der Waals surface area contributed by atoms with Crippen molar-refractivity contribution in [2.45, 2.75) is 26.5 Å². The molecule has 168 valence electrons. The van der Waals surface area contributed by atoms with Crippen LogP contribution in [0.3, 0.4) is 0 Å². The Labute approximate surface area is 192 Å². The number of esters is 1. The number of aromatic nitrogens is 1. The number of amides is 1. The van der Waals surface area contributed by atoms with E-state index in [9.17, 15) is 9.59 Å². The van der Waals surface area contributed by atoms with Crippen molar-refractivity contribution in [2.24, 2.45) is 5.73 Å². The molecule has 1 aromatic heterocycles. The Balaban J connectivity index is 1.65. The van der Waals surface area contributed by atoms with Crippen molar-refractivity contribution in [3.05, 3.63) is 101 Å². The summed E-state index contributed by atoms with van der Waals surface area (Å²) < 4.78 is 13.0. The van der Waals surface area contributed by atoms with Crippen molar-refractivity contribution < 1.29 is 19.1 Å². The fraction of sp³-hybridized carbons (Fsp3) is 0.185. The van der Waals surface area contributed by atoms with Crippen LogP contribution in [0.1, 0.15) is 32.7 Å². The van der Waals surface area contributed by atoms with Gasteiger partial charge in [0.1, 0.15) is 12.4 Å². The summed E-state index contributed by atoms with van der Waals surface area (Å²) in [5, 5.41) is 0.947. The first-order valence-electron chi connectivity index (χ1n) is 10.7. The van der Waals surface area contributed by atoms with Crippen molar-refractivity contribution in [3.63, 3.8) is 0 Å². The number of nitrogens with two attached hydrogens (primary N) is 1. The van der Waals surface area contributed by atoms with E-state index in [0.717, 1.165) is 27.7 Å². The van der Waals surface area contributed by atoms with Crippen LogP contribution in [0.5, 0.6) is 5.75 Å². The van der Waals surface area contributed by atoms with Gasteiger partial charge in [0.05, 0.1) is 19.1 Å². The molecular formula is C27H26N2O4. The molecule has 0 bridgehead atoms. The highest BCUT2D eigenvalue weighted by molar-refractivity contribution is 5.91. The third kappa shape index (κ3) is 4.90. The molecule has 0 saturated heterocycles. The Morgan fingerprint density at radius 1 is 0.939 bits per heavy atom. The minimum absolute atomic E-state index is 0.161. The fourth-order valence-corrected chi connectivity index (χ4v) is 4.06. The molecule has 0 radical (unpaired) electrons. The van der Waals surface area contributed by atoms with Crippen molar-refractivity contribution >= 4 is 22.8 Å². The maximum atomic E-state index is 11.8. The van der Waals surface area contributed by atoms with Crippen LogP contribution in [0.25, 0.3) is 10.9 Å². The van der Waals surface area contributed by atoms with E-state index in [1.165, 1.54) is 12.7 Å². The van der Waals surface area contributed by atoms with Crippen molar-refractivity contribution in [2.75, 3.05) is 7.11 Å². The second-order valence-corrected chi connectivity index (χ2v) is 7.94. The molecule has 6 nitrogen and oxygen atoms in total. The van der Waals surface area contributed by atoms with E-state index >= 15 is 0 Å². The zero-order valence-electron chi connectivity index (χ0n) is 18.7. The summed E-state index contributed by atoms with van der Waals surface area (Å²) in [6, 6.07) is 23.2. The molecule has 0 saturated carbocycles. The van der Waals surface area contributed by atoms with Crippen LogP contribution in [0.4, 0.5) is 0 Å². The zero-order valence-corrected chi connectivity index (χ0v) is 18.7. The molecular weight excluding hydrogens is 416 g/mol. The summed E-state index contributed by atoms with van der Waals surface area (Å²) in [5.41, 5.74) is 11.0. The van der Waals surface area contributed by atoms with Crippen molar-refractivity contribution in [3.8, 4) is 5.75 Å². The smallest absolute Gasteiger partial charge is 0.337 e. The number of rotatable bonds is 8. The molecule has 0 aliphatic rings. The van der Waals surface area contributed by atoms with Gasteiger partial charge in [-0.3, -0.25) is 4.79 Å². The molecule has 4 aromatic rings. The lowest BCUT2D eigenvalue weighted by Crippen LogP contribution is -2.14. The van der Waals surface area contributed by atoms with E-state index in [4.69, 9.17) is 15.2 Å². The number of nitrogens with zero attached hydrogens (tertiary/aromatic N) is 1. The zero-order chi connectivity index (χ0) is 23.4. The summed E-state index contributed by atoms with van der Waals surface area (Å²) in [6.45, 7) is 3.01. The molecule has 3 aromatic carbocycles. The molecule has 0 unspecified atom stereocenters. The normalized spacial score (nSPS) is 10.8. The van der Waals surface area contributed by atoms with E-state index in [-0.39, 0.29) is 18.3 Å². The average molecular weight is 443 g/mol. The minimum Gasteiger partial charge on any atom is -0.489 e. The van der Waals surface area contributed by atoms with Crippen molar-refractivity contribution in [1.82, 2.24) is 4.57 Å². The minimum atomic E-state index is -0.385. The summed E-state index contributed by atoms with van der Waals surface area (Å²) in [7, 11) is 1.36. The number of primary amides is 1. The molecule has 0 aliphatic heterocycles. The number of benzene rings is 3. The number of ether oxygens (including phenoxy) is 2. The molecule has 0 fully saturated rings. The van der Waals surface area contributed by atoms with Crippen LogP contribution < -0.4 is 10.5 Å². The number of fused-ring (bicyclic) bond motifs is 1. The fourth-order valence-electron chi connectivity index (χ4n) is 4.06. The van der Waals surface area contributed by atoms with E-state index in [1.807, 2.05) is 49.4 Å². The van der Waals surface area contributed by atoms with E-state index in [2.05, 4.69) is 16.7 Å². The van der Waals surface area contributed by atoms with Crippen LogP contribution in [-0.2, 0) is 29.1 Å². The Kier molecular flexibility index (Phi) is 6.45. The number of carbonyl (C=O) groups excluding carboxylic acids is 2. The lowest BCUT2D eigenvalue weighted by Gasteiger charge is -2.10. The average Bonchev–Trinajstić information content (AvgIpc) is 3.08. The van der Waals surface area contributed by atoms with Crippen LogP contribution >= 0.6 is 0 Å². The third-order valence-corrected chi connectivity index (χ3v) is 5.71. The van der Waals surface area contributed by atoms with Gasteiger partial charge in [0, 0.05) is 23.1 Å². The topological polar surface area (TPSA) is 83.6 Å². The standard InChI is InChI=1S/C27H26N2O4/c1-18-23(15-26(28)30)24-14-22(33-17-20-9-6-10-21(13-20)27(31)32-2)11-12-25(24)29(18)16-19-7-4-3-5-8-19/h3-14H,15-17H2,1-2H3,(H2,28,30). The molecule has 0 atom stereocenters. The number of hydrogen-bond donors (Lipinski definition) is 1. The molecule has 0 spiro atoms. The Morgan fingerprint density at radius 3 is 2.42 bits per heavy atom. The van der Waals surface area contributed by atoms with Gasteiger partial charge in [-0.1, -0.05) is 42.5 Å². The van der Waals surface area contributed by atoms with E-state index < -0.39 is 0 Å². The second-order valence-electron chi connectivity index (χ2n) is 7.94. The second kappa shape index (κ2) is 9.61. The first-order valence-corrected chi connectivity index (χ1v) is 10.7. The predicted octanol–water partition coefficient (Wildman–Crippen LogP) is 4.39. The van der Waals surface area contributed by atoms with Gasteiger partial charge < -0.3 is 19.8 Å². The lowest BCUT2D eigenvalue weighted by atomic mass is 10.1. The highest BCUT2D eigenvalue weighted by Crippen LogP contribution is 2.31. The number of hydrogen-bond acceptors (Lipinski definition) is 4. The van der Waals surface area contributed by atoms with Gasteiger partial charge in [0.25, 0.3) is 0 Å². The van der Waals surface area contributed by atoms with Gasteiger partial charge >= 0.3 is 5.97 Å². The van der Waals surface area contributed by atoms with Crippen LogP contribution in [0, 0.1) is 6.92 Å². The summed E-state index contributed by atoms with van der Waals surface area (Å²) in [6.07, 6.45) is 0.161. The van der Waals surface area contributed by atoms with Gasteiger partial charge in [-0.2, -0.15) is 0 Å². The van der Waals surface area contributed by atoms with Crippen LogP contribution in [-0.4, -0.2) is 23.6 Å². The first-order chi connectivity index (χ1) is 16.0. The lowest BCUT2D eigenvalue weighted by molar-refractivity contribution is -0.117. The highest BCUT2D eigenvalue weighted by Gasteiger charge is 2.17. The molecule has 33 heavy (non-hydrogen) atoms. The van der Waals surface area contributed by atoms with Gasteiger partial charge in [-0.25, -0.2) is 4.79 Å². The number of methoxy groups -OCH3 is 1. The molecule has 2 N–H and O–H groups in total. The SMILES string of the molecule is COC(=O)c1cccc(COc2ccc3c(c2)c(CC(N)=O)c(C)n3Cc2ccccc2)c1. The largest absolute Gasteiger partial charge is 0.489 e. The van der Waals surface area contributed by atoms with Crippen LogP contribution in [0.2, 0.25) is 0 Å². The Hall–Kier alpha value is -4.06. The first kappa shape index (κ1) is 22.1. The van der Waals surface area contributed by atoms with E-state index in [1.54, 1.807) is 18.2 Å². The summed E-state index contributed by atoms with van der Waals surface area (Å²) in [4.78, 5) is 23.6.